The summed E-state index contributed by atoms with van der Waals surface area (Å²) >= 11 is 0. The number of aromatic nitrogens is 1. The predicted molar refractivity (Wildman–Crippen MR) is 83.5 cm³/mol. The summed E-state index contributed by atoms with van der Waals surface area (Å²) in [6.07, 6.45) is 1.79. The van der Waals surface area contributed by atoms with Crippen molar-refractivity contribution in [3.63, 3.8) is 0 Å². The molecule has 2 amide bonds. The summed E-state index contributed by atoms with van der Waals surface area (Å²) in [6, 6.07) is 13.8. The van der Waals surface area contributed by atoms with Crippen LogP contribution in [0.2, 0.25) is 0 Å². The van der Waals surface area contributed by atoms with Gasteiger partial charge in [0.2, 0.25) is 0 Å². The molecule has 1 aromatic carbocycles. The highest BCUT2D eigenvalue weighted by Crippen LogP contribution is 2.23. The number of nitrogens with zero attached hydrogens (tertiary/aromatic N) is 2. The second-order valence-electron chi connectivity index (χ2n) is 5.05. The van der Waals surface area contributed by atoms with Gasteiger partial charge in [-0.3, -0.25) is 9.88 Å². The van der Waals surface area contributed by atoms with E-state index in [1.807, 2.05) is 42.5 Å². The van der Waals surface area contributed by atoms with E-state index in [1.165, 1.54) is 0 Å². The summed E-state index contributed by atoms with van der Waals surface area (Å²) < 4.78 is 0. The van der Waals surface area contributed by atoms with Gasteiger partial charge in [0, 0.05) is 30.7 Å². The van der Waals surface area contributed by atoms with Gasteiger partial charge in [-0.15, -0.1) is 0 Å². The minimum absolute atomic E-state index is 0.0371. The van der Waals surface area contributed by atoms with Gasteiger partial charge in [-0.2, -0.15) is 0 Å². The van der Waals surface area contributed by atoms with Crippen LogP contribution >= 0.6 is 0 Å². The molecular weight excluding hydrogens is 264 g/mol. The molecule has 108 valence electrons. The Kier molecular flexibility index (Phi) is 3.73. The van der Waals surface area contributed by atoms with Crippen LogP contribution in [0.15, 0.2) is 48.7 Å². The smallest absolute Gasteiger partial charge is 0.321 e. The van der Waals surface area contributed by atoms with Gasteiger partial charge < -0.3 is 10.6 Å². The van der Waals surface area contributed by atoms with Crippen LogP contribution in [0.5, 0.6) is 0 Å². The summed E-state index contributed by atoms with van der Waals surface area (Å²) in [4.78, 5) is 17.8. The maximum absolute atomic E-state index is 11.7. The molecular formula is C16H18N4O. The van der Waals surface area contributed by atoms with Gasteiger partial charge in [0.15, 0.2) is 0 Å². The highest BCUT2D eigenvalue weighted by Gasteiger charge is 2.21. The molecule has 0 spiro atoms. The van der Waals surface area contributed by atoms with Gasteiger partial charge in [0.25, 0.3) is 0 Å². The van der Waals surface area contributed by atoms with E-state index in [0.717, 1.165) is 17.1 Å². The van der Waals surface area contributed by atoms with Gasteiger partial charge in [0.05, 0.1) is 11.7 Å². The first-order valence-electron chi connectivity index (χ1n) is 7.07. The Labute approximate surface area is 124 Å². The van der Waals surface area contributed by atoms with Crippen LogP contribution in [0.4, 0.5) is 16.2 Å². The normalized spacial score (nSPS) is 15.7. The van der Waals surface area contributed by atoms with Crippen molar-refractivity contribution in [1.82, 2.24) is 10.3 Å². The average molecular weight is 282 g/mol. The van der Waals surface area contributed by atoms with Crippen molar-refractivity contribution < 1.29 is 4.79 Å². The molecule has 2 N–H and O–H groups in total. The van der Waals surface area contributed by atoms with Crippen molar-refractivity contribution in [3.8, 4) is 0 Å². The summed E-state index contributed by atoms with van der Waals surface area (Å²) in [6.45, 7) is 3.47. The number of benzene rings is 1. The van der Waals surface area contributed by atoms with Crippen LogP contribution in [0.3, 0.4) is 0 Å². The van der Waals surface area contributed by atoms with Crippen molar-refractivity contribution >= 4 is 17.4 Å². The van der Waals surface area contributed by atoms with Crippen LogP contribution in [-0.4, -0.2) is 24.1 Å². The maximum atomic E-state index is 11.7. The van der Waals surface area contributed by atoms with Gasteiger partial charge in [-0.05, 0) is 37.3 Å². The highest BCUT2D eigenvalue weighted by molar-refractivity contribution is 5.94. The molecule has 0 aliphatic carbocycles. The molecule has 2 aromatic rings. The summed E-state index contributed by atoms with van der Waals surface area (Å²) in [5.74, 6) is 0. The Balaban J connectivity index is 1.76. The molecule has 1 saturated heterocycles. The second kappa shape index (κ2) is 5.83. The fraction of sp³-hybridized carbons (Fsp3) is 0.250. The number of anilines is 2. The molecule has 1 aliphatic rings. The lowest BCUT2D eigenvalue weighted by atomic mass is 10.2. The van der Waals surface area contributed by atoms with Crippen molar-refractivity contribution in [2.24, 2.45) is 0 Å². The Hall–Kier alpha value is -2.56. The Morgan fingerprint density at radius 2 is 2.19 bits per heavy atom. The number of nitrogens with one attached hydrogen (secondary N) is 2. The van der Waals surface area contributed by atoms with E-state index in [9.17, 15) is 4.79 Å². The number of urea groups is 1. The highest BCUT2D eigenvalue weighted by atomic mass is 16.2. The second-order valence-corrected chi connectivity index (χ2v) is 5.05. The third-order valence-electron chi connectivity index (χ3n) is 3.53. The minimum Gasteiger partial charge on any atom is -0.377 e. The number of amides is 2. The topological polar surface area (TPSA) is 57.3 Å². The Morgan fingerprint density at radius 3 is 2.90 bits per heavy atom. The van der Waals surface area contributed by atoms with Crippen molar-refractivity contribution in [3.05, 3.63) is 54.4 Å². The molecule has 3 rings (SSSR count). The number of hydrogen-bond acceptors (Lipinski definition) is 3. The van der Waals surface area contributed by atoms with Crippen LogP contribution in [-0.2, 0) is 0 Å². The predicted octanol–water partition coefficient (Wildman–Crippen LogP) is 2.78. The van der Waals surface area contributed by atoms with Crippen molar-refractivity contribution in [2.75, 3.05) is 23.3 Å². The fourth-order valence-corrected chi connectivity index (χ4v) is 2.44. The molecule has 0 saturated carbocycles. The monoisotopic (exact) mass is 282 g/mol. The van der Waals surface area contributed by atoms with E-state index in [2.05, 4.69) is 22.5 Å². The van der Waals surface area contributed by atoms with Gasteiger partial charge in [0.1, 0.15) is 0 Å². The largest absolute Gasteiger partial charge is 0.377 e. The van der Waals surface area contributed by atoms with Crippen LogP contribution in [0, 0.1) is 0 Å². The van der Waals surface area contributed by atoms with E-state index >= 15 is 0 Å². The van der Waals surface area contributed by atoms with Gasteiger partial charge in [-0.25, -0.2) is 4.79 Å². The molecule has 0 radical (unpaired) electrons. The number of carbonyl (C=O) groups excluding carboxylic acids is 1. The van der Waals surface area contributed by atoms with E-state index in [-0.39, 0.29) is 12.1 Å². The zero-order valence-electron chi connectivity index (χ0n) is 11.9. The molecule has 0 bridgehead atoms. The average Bonchev–Trinajstić information content (AvgIpc) is 2.94. The molecule has 1 aliphatic heterocycles. The Bertz CT molecular complexity index is 629. The number of carbonyl (C=O) groups is 1. The van der Waals surface area contributed by atoms with E-state index in [4.69, 9.17) is 0 Å². The fourth-order valence-electron chi connectivity index (χ4n) is 2.44. The number of pyridine rings is 1. The van der Waals surface area contributed by atoms with Crippen LogP contribution in [0.1, 0.15) is 18.7 Å². The van der Waals surface area contributed by atoms with E-state index in [0.29, 0.717) is 13.1 Å². The lowest BCUT2D eigenvalue weighted by Crippen LogP contribution is -2.27. The first kappa shape index (κ1) is 13.4. The molecule has 5 heteroatoms. The molecule has 1 aromatic heterocycles. The zero-order valence-corrected chi connectivity index (χ0v) is 11.9. The van der Waals surface area contributed by atoms with Crippen molar-refractivity contribution in [1.29, 1.82) is 0 Å². The first-order chi connectivity index (χ1) is 10.2. The zero-order chi connectivity index (χ0) is 14.7. The van der Waals surface area contributed by atoms with Gasteiger partial charge >= 0.3 is 6.03 Å². The molecule has 1 fully saturated rings. The van der Waals surface area contributed by atoms with E-state index in [1.54, 1.807) is 11.1 Å². The summed E-state index contributed by atoms with van der Waals surface area (Å²) in [5.41, 5.74) is 2.87. The quantitative estimate of drug-likeness (QED) is 0.906. The minimum atomic E-state index is -0.0371. The Morgan fingerprint density at radius 1 is 1.29 bits per heavy atom. The third-order valence-corrected chi connectivity index (χ3v) is 3.53. The number of rotatable bonds is 4. The number of hydrogen-bond donors (Lipinski definition) is 2. The molecule has 21 heavy (non-hydrogen) atoms. The van der Waals surface area contributed by atoms with Gasteiger partial charge in [-0.1, -0.05) is 12.1 Å². The third kappa shape index (κ3) is 2.97. The summed E-state index contributed by atoms with van der Waals surface area (Å²) in [7, 11) is 0. The lowest BCUT2D eigenvalue weighted by Gasteiger charge is -2.18. The molecule has 2 heterocycles. The lowest BCUT2D eigenvalue weighted by molar-refractivity contribution is 0.252. The molecule has 1 atom stereocenters. The standard InChI is InChI=1S/C16H18N4O/c1-12(15-7-2-3-8-17-15)19-13-5-4-6-14(11-13)20-10-9-18-16(20)21/h2-8,11-12,19H,9-10H2,1H3,(H,18,21). The SMILES string of the molecule is CC(Nc1cccc(N2CCNC2=O)c1)c1ccccn1. The molecule has 5 nitrogen and oxygen atoms in total. The molecule has 1 unspecified atom stereocenters. The maximum Gasteiger partial charge on any atom is 0.321 e. The summed E-state index contributed by atoms with van der Waals surface area (Å²) in [5, 5.41) is 6.23. The first-order valence-corrected chi connectivity index (χ1v) is 7.07. The van der Waals surface area contributed by atoms with Crippen LogP contribution < -0.4 is 15.5 Å². The van der Waals surface area contributed by atoms with Crippen LogP contribution in [0.25, 0.3) is 0 Å². The van der Waals surface area contributed by atoms with E-state index < -0.39 is 0 Å². The van der Waals surface area contributed by atoms with Crippen molar-refractivity contribution in [2.45, 2.75) is 13.0 Å².